The van der Waals surface area contributed by atoms with Gasteiger partial charge in [-0.2, -0.15) is 0 Å². The fourth-order valence-electron chi connectivity index (χ4n) is 2.95. The molecule has 1 aliphatic heterocycles. The molecule has 1 saturated heterocycles. The fraction of sp³-hybridized carbons (Fsp3) is 0.556. The zero-order valence-electron chi connectivity index (χ0n) is 14.5. The number of amides is 2. The van der Waals surface area contributed by atoms with E-state index in [9.17, 15) is 9.59 Å². The highest BCUT2D eigenvalue weighted by molar-refractivity contribution is 5.96. The summed E-state index contributed by atoms with van der Waals surface area (Å²) in [6.45, 7) is 8.36. The SMILES string of the molecule is CCCC(=O)N1CCN(C(=O)c2ccc(OC)c(C)c2C)CC1. The molecule has 0 unspecified atom stereocenters. The molecular weight excluding hydrogens is 292 g/mol. The molecule has 126 valence electrons. The highest BCUT2D eigenvalue weighted by Gasteiger charge is 2.25. The average molecular weight is 318 g/mol. The number of benzene rings is 1. The maximum atomic E-state index is 12.8. The van der Waals surface area contributed by atoms with Gasteiger partial charge in [0.15, 0.2) is 0 Å². The number of hydrogen-bond acceptors (Lipinski definition) is 3. The summed E-state index contributed by atoms with van der Waals surface area (Å²) in [7, 11) is 1.63. The van der Waals surface area contributed by atoms with Gasteiger partial charge in [-0.3, -0.25) is 9.59 Å². The van der Waals surface area contributed by atoms with Crippen LogP contribution in [0.2, 0.25) is 0 Å². The van der Waals surface area contributed by atoms with Gasteiger partial charge in [-0.1, -0.05) is 6.92 Å². The molecule has 0 atom stereocenters. The number of carbonyl (C=O) groups excluding carboxylic acids is 2. The first-order valence-electron chi connectivity index (χ1n) is 8.20. The van der Waals surface area contributed by atoms with Crippen LogP contribution in [-0.4, -0.2) is 54.9 Å². The van der Waals surface area contributed by atoms with Gasteiger partial charge in [0.2, 0.25) is 5.91 Å². The minimum Gasteiger partial charge on any atom is -0.496 e. The summed E-state index contributed by atoms with van der Waals surface area (Å²) in [5.74, 6) is 1.03. The molecule has 0 spiro atoms. The van der Waals surface area contributed by atoms with Crippen molar-refractivity contribution in [3.63, 3.8) is 0 Å². The Morgan fingerprint density at radius 3 is 2.22 bits per heavy atom. The van der Waals surface area contributed by atoms with Crippen LogP contribution in [0.15, 0.2) is 12.1 Å². The van der Waals surface area contributed by atoms with Gasteiger partial charge in [0, 0.05) is 38.2 Å². The summed E-state index contributed by atoms with van der Waals surface area (Å²) in [5, 5.41) is 0. The van der Waals surface area contributed by atoms with E-state index in [0.29, 0.717) is 32.6 Å². The summed E-state index contributed by atoms with van der Waals surface area (Å²) >= 11 is 0. The van der Waals surface area contributed by atoms with Gasteiger partial charge in [-0.05, 0) is 43.5 Å². The van der Waals surface area contributed by atoms with Gasteiger partial charge < -0.3 is 14.5 Å². The van der Waals surface area contributed by atoms with Crippen molar-refractivity contribution in [3.05, 3.63) is 28.8 Å². The Labute approximate surface area is 138 Å². The lowest BCUT2D eigenvalue weighted by atomic mass is 10.0. The molecule has 0 aliphatic carbocycles. The number of methoxy groups -OCH3 is 1. The minimum absolute atomic E-state index is 0.0378. The largest absolute Gasteiger partial charge is 0.496 e. The van der Waals surface area contributed by atoms with Crippen LogP contribution in [0.4, 0.5) is 0 Å². The van der Waals surface area contributed by atoms with Crippen molar-refractivity contribution in [1.29, 1.82) is 0 Å². The number of piperazine rings is 1. The normalized spacial score (nSPS) is 14.8. The zero-order valence-corrected chi connectivity index (χ0v) is 14.5. The zero-order chi connectivity index (χ0) is 17.0. The summed E-state index contributed by atoms with van der Waals surface area (Å²) in [4.78, 5) is 28.4. The molecule has 5 heteroatoms. The molecule has 0 N–H and O–H groups in total. The Balaban J connectivity index is 2.06. The third kappa shape index (κ3) is 3.66. The summed E-state index contributed by atoms with van der Waals surface area (Å²) in [6.07, 6.45) is 1.45. The molecule has 23 heavy (non-hydrogen) atoms. The molecule has 0 aromatic heterocycles. The smallest absolute Gasteiger partial charge is 0.254 e. The minimum atomic E-state index is 0.0378. The second-order valence-electron chi connectivity index (χ2n) is 5.99. The maximum absolute atomic E-state index is 12.8. The Kier molecular flexibility index (Phi) is 5.64. The van der Waals surface area contributed by atoms with Crippen LogP contribution in [0.3, 0.4) is 0 Å². The maximum Gasteiger partial charge on any atom is 0.254 e. The monoisotopic (exact) mass is 318 g/mol. The molecule has 0 radical (unpaired) electrons. The second-order valence-corrected chi connectivity index (χ2v) is 5.99. The predicted octanol–water partition coefficient (Wildman–Crippen LogP) is 2.40. The Hall–Kier alpha value is -2.04. The average Bonchev–Trinajstić information content (AvgIpc) is 2.57. The van der Waals surface area contributed by atoms with Crippen molar-refractivity contribution in [2.75, 3.05) is 33.3 Å². The second kappa shape index (κ2) is 7.49. The molecule has 1 aliphatic rings. The van der Waals surface area contributed by atoms with Crippen molar-refractivity contribution in [3.8, 4) is 5.75 Å². The van der Waals surface area contributed by atoms with Crippen LogP contribution in [0.1, 0.15) is 41.3 Å². The van der Waals surface area contributed by atoms with E-state index in [1.165, 1.54) is 0 Å². The first-order chi connectivity index (χ1) is 11.0. The molecule has 1 fully saturated rings. The Bertz CT molecular complexity index is 590. The van der Waals surface area contributed by atoms with Gasteiger partial charge in [0.25, 0.3) is 5.91 Å². The molecule has 5 nitrogen and oxygen atoms in total. The highest BCUT2D eigenvalue weighted by atomic mass is 16.5. The molecule has 1 heterocycles. The quantitative estimate of drug-likeness (QED) is 0.856. The number of ether oxygens (including phenoxy) is 1. The van der Waals surface area contributed by atoms with Crippen molar-refractivity contribution in [2.24, 2.45) is 0 Å². The number of carbonyl (C=O) groups is 2. The van der Waals surface area contributed by atoms with E-state index in [0.717, 1.165) is 28.9 Å². The van der Waals surface area contributed by atoms with Crippen LogP contribution in [0.25, 0.3) is 0 Å². The highest BCUT2D eigenvalue weighted by Crippen LogP contribution is 2.25. The van der Waals surface area contributed by atoms with Crippen molar-refractivity contribution < 1.29 is 14.3 Å². The van der Waals surface area contributed by atoms with E-state index in [-0.39, 0.29) is 11.8 Å². The van der Waals surface area contributed by atoms with Crippen molar-refractivity contribution in [1.82, 2.24) is 9.80 Å². The van der Waals surface area contributed by atoms with Crippen LogP contribution >= 0.6 is 0 Å². The van der Waals surface area contributed by atoms with Crippen LogP contribution in [0.5, 0.6) is 5.75 Å². The van der Waals surface area contributed by atoms with E-state index in [1.54, 1.807) is 7.11 Å². The predicted molar refractivity (Wildman–Crippen MR) is 89.9 cm³/mol. The van der Waals surface area contributed by atoms with Crippen LogP contribution < -0.4 is 4.74 Å². The molecule has 2 amide bonds. The summed E-state index contributed by atoms with van der Waals surface area (Å²) < 4.78 is 5.30. The van der Waals surface area contributed by atoms with Gasteiger partial charge in [-0.15, -0.1) is 0 Å². The standard InChI is InChI=1S/C18H26N2O3/c1-5-6-17(21)19-9-11-20(12-10-19)18(22)15-7-8-16(23-4)14(3)13(15)2/h7-8H,5-6,9-12H2,1-4H3. The number of rotatable bonds is 4. The van der Waals surface area contributed by atoms with Crippen molar-refractivity contribution >= 4 is 11.8 Å². The molecule has 2 rings (SSSR count). The van der Waals surface area contributed by atoms with E-state index in [4.69, 9.17) is 4.74 Å². The molecule has 1 aromatic rings. The first-order valence-corrected chi connectivity index (χ1v) is 8.20. The summed E-state index contributed by atoms with van der Waals surface area (Å²) in [6, 6.07) is 3.68. The molecule has 1 aromatic carbocycles. The summed E-state index contributed by atoms with van der Waals surface area (Å²) in [5.41, 5.74) is 2.67. The van der Waals surface area contributed by atoms with Gasteiger partial charge in [0.1, 0.15) is 5.75 Å². The number of hydrogen-bond donors (Lipinski definition) is 0. The fourth-order valence-corrected chi connectivity index (χ4v) is 2.95. The molecule has 0 bridgehead atoms. The third-order valence-corrected chi connectivity index (χ3v) is 4.57. The van der Waals surface area contributed by atoms with E-state index in [2.05, 4.69) is 0 Å². The Morgan fingerprint density at radius 2 is 1.65 bits per heavy atom. The topological polar surface area (TPSA) is 49.9 Å². The lowest BCUT2D eigenvalue weighted by molar-refractivity contribution is -0.132. The van der Waals surface area contributed by atoms with Crippen molar-refractivity contribution in [2.45, 2.75) is 33.6 Å². The van der Waals surface area contributed by atoms with Gasteiger partial charge >= 0.3 is 0 Å². The number of nitrogens with zero attached hydrogens (tertiary/aromatic N) is 2. The lowest BCUT2D eigenvalue weighted by Gasteiger charge is -2.35. The van der Waals surface area contributed by atoms with E-state index < -0.39 is 0 Å². The molecule has 0 saturated carbocycles. The first kappa shape index (κ1) is 17.3. The van der Waals surface area contributed by atoms with Crippen LogP contribution in [-0.2, 0) is 4.79 Å². The molecular formula is C18H26N2O3. The van der Waals surface area contributed by atoms with Gasteiger partial charge in [0.05, 0.1) is 7.11 Å². The third-order valence-electron chi connectivity index (χ3n) is 4.57. The van der Waals surface area contributed by atoms with E-state index >= 15 is 0 Å². The van der Waals surface area contributed by atoms with Crippen LogP contribution in [0, 0.1) is 13.8 Å². The van der Waals surface area contributed by atoms with Gasteiger partial charge in [-0.25, -0.2) is 0 Å². The Morgan fingerprint density at radius 1 is 1.04 bits per heavy atom. The van der Waals surface area contributed by atoms with E-state index in [1.807, 2.05) is 42.7 Å². The lowest BCUT2D eigenvalue weighted by Crippen LogP contribution is -2.50.